The highest BCUT2D eigenvalue weighted by molar-refractivity contribution is 5.78. The maximum Gasteiger partial charge on any atom is 0.0706 e. The molecule has 0 spiro atoms. The first-order chi connectivity index (χ1) is 10.1. The van der Waals surface area contributed by atoms with E-state index in [2.05, 4.69) is 67.5 Å². The summed E-state index contributed by atoms with van der Waals surface area (Å²) in [5.41, 5.74) is 2.31. The summed E-state index contributed by atoms with van der Waals surface area (Å²) >= 11 is 0. The Kier molecular flexibility index (Phi) is 4.22. The van der Waals surface area contributed by atoms with Gasteiger partial charge in [0.25, 0.3) is 0 Å². The van der Waals surface area contributed by atoms with Crippen LogP contribution in [0.15, 0.2) is 36.4 Å². The Morgan fingerprint density at radius 1 is 1.24 bits per heavy atom. The summed E-state index contributed by atoms with van der Waals surface area (Å²) in [6, 6.07) is 13.8. The Balaban J connectivity index is 1.87. The van der Waals surface area contributed by atoms with E-state index in [-0.39, 0.29) is 0 Å². The van der Waals surface area contributed by atoms with E-state index in [4.69, 9.17) is 4.98 Å². The molecule has 3 heteroatoms. The smallest absolute Gasteiger partial charge is 0.0706 e. The van der Waals surface area contributed by atoms with Gasteiger partial charge in [0.15, 0.2) is 0 Å². The molecule has 2 atom stereocenters. The Bertz CT molecular complexity index is 608. The Morgan fingerprint density at radius 2 is 2.05 bits per heavy atom. The molecule has 1 fully saturated rings. The molecule has 112 valence electrons. The maximum absolute atomic E-state index is 4.92. The zero-order valence-corrected chi connectivity index (χ0v) is 13.2. The van der Waals surface area contributed by atoms with Gasteiger partial charge in [-0.05, 0) is 38.1 Å². The van der Waals surface area contributed by atoms with Crippen LogP contribution in [-0.2, 0) is 0 Å². The fourth-order valence-corrected chi connectivity index (χ4v) is 3.34. The number of nitrogens with one attached hydrogen (secondary N) is 1. The van der Waals surface area contributed by atoms with Gasteiger partial charge in [-0.3, -0.25) is 9.88 Å². The molecule has 1 aromatic carbocycles. The largest absolute Gasteiger partial charge is 0.314 e. The van der Waals surface area contributed by atoms with E-state index < -0.39 is 0 Å². The van der Waals surface area contributed by atoms with Gasteiger partial charge in [-0.15, -0.1) is 0 Å². The molecule has 2 heterocycles. The summed E-state index contributed by atoms with van der Waals surface area (Å²) in [6.07, 6.45) is 1.25. The predicted octanol–water partition coefficient (Wildman–Crippen LogP) is 3.23. The van der Waals surface area contributed by atoms with Crippen LogP contribution in [0.5, 0.6) is 0 Å². The second-order valence-electron chi connectivity index (χ2n) is 6.47. The van der Waals surface area contributed by atoms with Crippen molar-refractivity contribution in [3.05, 3.63) is 42.1 Å². The number of hydrogen-bond acceptors (Lipinski definition) is 3. The van der Waals surface area contributed by atoms with Crippen LogP contribution in [0, 0.1) is 5.92 Å². The van der Waals surface area contributed by atoms with Crippen molar-refractivity contribution < 1.29 is 0 Å². The van der Waals surface area contributed by atoms with E-state index in [0.717, 1.165) is 18.6 Å². The molecule has 0 aliphatic carbocycles. The lowest BCUT2D eigenvalue weighted by molar-refractivity contribution is 0.264. The van der Waals surface area contributed by atoms with E-state index in [1.54, 1.807) is 0 Å². The van der Waals surface area contributed by atoms with Crippen LogP contribution in [0.1, 0.15) is 32.0 Å². The van der Waals surface area contributed by atoms with E-state index in [9.17, 15) is 0 Å². The van der Waals surface area contributed by atoms with Crippen molar-refractivity contribution in [2.45, 2.75) is 32.4 Å². The number of para-hydroxylation sites is 1. The van der Waals surface area contributed by atoms with Crippen molar-refractivity contribution in [2.24, 2.45) is 5.92 Å². The van der Waals surface area contributed by atoms with Gasteiger partial charge < -0.3 is 5.32 Å². The van der Waals surface area contributed by atoms with E-state index in [1.807, 2.05) is 0 Å². The van der Waals surface area contributed by atoms with Crippen LogP contribution in [0.25, 0.3) is 10.9 Å². The zero-order valence-electron chi connectivity index (χ0n) is 13.2. The standard InChI is InChI=1S/C18H25N3/c1-13(2)19-12-15-10-11-21(3)18(15)17-9-8-14-6-4-5-7-16(14)20-17/h4-9,13,15,18-19H,10-12H2,1-3H3. The Hall–Kier alpha value is -1.45. The molecule has 1 N–H and O–H groups in total. The topological polar surface area (TPSA) is 28.2 Å². The minimum Gasteiger partial charge on any atom is -0.314 e. The molecule has 1 saturated heterocycles. The molecular formula is C18H25N3. The number of aromatic nitrogens is 1. The van der Waals surface area contributed by atoms with Crippen LogP contribution in [0.3, 0.4) is 0 Å². The third-order valence-corrected chi connectivity index (χ3v) is 4.49. The van der Waals surface area contributed by atoms with Crippen LogP contribution in [0.2, 0.25) is 0 Å². The number of rotatable bonds is 4. The third-order valence-electron chi connectivity index (χ3n) is 4.49. The number of hydrogen-bond donors (Lipinski definition) is 1. The lowest BCUT2D eigenvalue weighted by Crippen LogP contribution is -2.32. The molecule has 0 saturated carbocycles. The van der Waals surface area contributed by atoms with Crippen molar-refractivity contribution in [3.8, 4) is 0 Å². The Labute approximate surface area is 127 Å². The molecule has 2 unspecified atom stereocenters. The van der Waals surface area contributed by atoms with Gasteiger partial charge in [-0.2, -0.15) is 0 Å². The first kappa shape index (κ1) is 14.5. The van der Waals surface area contributed by atoms with Crippen molar-refractivity contribution in [2.75, 3.05) is 20.1 Å². The van der Waals surface area contributed by atoms with Crippen molar-refractivity contribution in [1.29, 1.82) is 0 Å². The minimum absolute atomic E-state index is 0.431. The summed E-state index contributed by atoms with van der Waals surface area (Å²) in [7, 11) is 2.22. The molecular weight excluding hydrogens is 258 g/mol. The summed E-state index contributed by atoms with van der Waals surface area (Å²) in [5.74, 6) is 0.645. The molecule has 21 heavy (non-hydrogen) atoms. The molecule has 0 radical (unpaired) electrons. The number of pyridine rings is 1. The summed E-state index contributed by atoms with van der Waals surface area (Å²) in [6.45, 7) is 6.65. The lowest BCUT2D eigenvalue weighted by atomic mass is 9.96. The SMILES string of the molecule is CC(C)NCC1CCN(C)C1c1ccc2ccccc2n1. The van der Waals surface area contributed by atoms with Crippen LogP contribution < -0.4 is 5.32 Å². The number of benzene rings is 1. The predicted molar refractivity (Wildman–Crippen MR) is 88.4 cm³/mol. The van der Waals surface area contributed by atoms with E-state index in [0.29, 0.717) is 18.0 Å². The molecule has 0 amide bonds. The first-order valence-corrected chi connectivity index (χ1v) is 7.94. The highest BCUT2D eigenvalue weighted by atomic mass is 15.2. The number of likely N-dealkylation sites (tertiary alicyclic amines) is 1. The first-order valence-electron chi connectivity index (χ1n) is 7.94. The van der Waals surface area contributed by atoms with Gasteiger partial charge in [0.05, 0.1) is 17.3 Å². The normalized spacial score (nSPS) is 23.2. The maximum atomic E-state index is 4.92. The molecule has 3 rings (SSSR count). The number of fused-ring (bicyclic) bond motifs is 1. The Morgan fingerprint density at radius 3 is 2.86 bits per heavy atom. The minimum atomic E-state index is 0.431. The highest BCUT2D eigenvalue weighted by Crippen LogP contribution is 2.35. The molecule has 0 bridgehead atoms. The van der Waals surface area contributed by atoms with Crippen molar-refractivity contribution in [1.82, 2.24) is 15.2 Å². The fourth-order valence-electron chi connectivity index (χ4n) is 3.34. The van der Waals surface area contributed by atoms with Crippen LogP contribution in [0.4, 0.5) is 0 Å². The molecule has 2 aromatic rings. The monoisotopic (exact) mass is 283 g/mol. The summed E-state index contributed by atoms with van der Waals surface area (Å²) < 4.78 is 0. The van der Waals surface area contributed by atoms with Crippen LogP contribution in [-0.4, -0.2) is 36.1 Å². The van der Waals surface area contributed by atoms with Gasteiger partial charge in [-0.25, -0.2) is 0 Å². The van der Waals surface area contributed by atoms with Gasteiger partial charge in [0, 0.05) is 18.0 Å². The molecule has 3 nitrogen and oxygen atoms in total. The van der Waals surface area contributed by atoms with E-state index >= 15 is 0 Å². The van der Waals surface area contributed by atoms with Gasteiger partial charge in [0.1, 0.15) is 0 Å². The van der Waals surface area contributed by atoms with Crippen molar-refractivity contribution >= 4 is 10.9 Å². The third kappa shape index (κ3) is 3.09. The second-order valence-corrected chi connectivity index (χ2v) is 6.47. The molecule has 1 aromatic heterocycles. The summed E-state index contributed by atoms with van der Waals surface area (Å²) in [4.78, 5) is 7.36. The summed E-state index contributed by atoms with van der Waals surface area (Å²) in [5, 5.41) is 4.81. The van der Waals surface area contributed by atoms with Crippen LogP contribution >= 0.6 is 0 Å². The quantitative estimate of drug-likeness (QED) is 0.934. The van der Waals surface area contributed by atoms with E-state index in [1.165, 1.54) is 17.5 Å². The van der Waals surface area contributed by atoms with Crippen molar-refractivity contribution in [3.63, 3.8) is 0 Å². The lowest BCUT2D eigenvalue weighted by Gasteiger charge is -2.25. The highest BCUT2D eigenvalue weighted by Gasteiger charge is 2.33. The van der Waals surface area contributed by atoms with Gasteiger partial charge in [0.2, 0.25) is 0 Å². The zero-order chi connectivity index (χ0) is 14.8. The fraction of sp³-hybridized carbons (Fsp3) is 0.500. The average Bonchev–Trinajstić information content (AvgIpc) is 2.85. The average molecular weight is 283 g/mol. The van der Waals surface area contributed by atoms with Gasteiger partial charge >= 0.3 is 0 Å². The number of nitrogens with zero attached hydrogens (tertiary/aromatic N) is 2. The van der Waals surface area contributed by atoms with Gasteiger partial charge in [-0.1, -0.05) is 38.1 Å². The molecule has 1 aliphatic rings. The molecule has 1 aliphatic heterocycles. The second kappa shape index (κ2) is 6.12.